The second-order valence-corrected chi connectivity index (χ2v) is 17.7. The van der Waals surface area contributed by atoms with E-state index < -0.39 is 21.0 Å². The molecule has 2 aliphatic carbocycles. The molecule has 0 heterocycles. The van der Waals surface area contributed by atoms with Crippen molar-refractivity contribution in [3.05, 3.63) is 74.6 Å². The molecule has 2 aromatic rings. The van der Waals surface area contributed by atoms with Crippen LogP contribution in [0.3, 0.4) is 0 Å². The maximum Gasteiger partial charge on any atom is -1.00 e. The summed E-state index contributed by atoms with van der Waals surface area (Å²) in [6.45, 7) is 14.5. The summed E-state index contributed by atoms with van der Waals surface area (Å²) in [6.07, 6.45) is 5.94. The van der Waals surface area contributed by atoms with Gasteiger partial charge in [-0.25, -0.2) is 0 Å². The van der Waals surface area contributed by atoms with Crippen molar-refractivity contribution in [3.8, 4) is 11.1 Å². The topological polar surface area (TPSA) is 0 Å². The van der Waals surface area contributed by atoms with Crippen LogP contribution in [0.5, 0.6) is 0 Å². The van der Waals surface area contributed by atoms with Gasteiger partial charge in [0.1, 0.15) is 0 Å². The fraction of sp³-hybridized carbons (Fsp3) is 0.370. The van der Waals surface area contributed by atoms with Crippen molar-refractivity contribution >= 4 is 6.58 Å². The van der Waals surface area contributed by atoms with Crippen LogP contribution in [0.1, 0.15) is 52.7 Å². The summed E-state index contributed by atoms with van der Waals surface area (Å²) in [5, 5.41) is 0. The van der Waals surface area contributed by atoms with E-state index in [1.54, 1.807) is 14.5 Å². The van der Waals surface area contributed by atoms with Gasteiger partial charge in [-0.3, -0.25) is 0 Å². The van der Waals surface area contributed by atoms with Crippen molar-refractivity contribution in [2.75, 3.05) is 0 Å². The van der Waals surface area contributed by atoms with Gasteiger partial charge in [0.25, 0.3) is 0 Å². The molecule has 0 saturated heterocycles. The van der Waals surface area contributed by atoms with E-state index in [1.807, 2.05) is 6.58 Å². The molecule has 1 unspecified atom stereocenters. The molecule has 1 atom stereocenters. The molecule has 0 N–H and O–H groups in total. The Bertz CT molecular complexity index is 1010. The molecular formula is C27H32Cl2Hf. The minimum atomic E-state index is -2.42. The zero-order valence-corrected chi connectivity index (χ0v) is 24.0. The number of hydrogen-bond donors (Lipinski definition) is 0. The Labute approximate surface area is 202 Å². The van der Waals surface area contributed by atoms with E-state index in [-0.39, 0.29) is 24.8 Å². The molecule has 0 amide bonds. The zero-order chi connectivity index (χ0) is 20.0. The fourth-order valence-corrected chi connectivity index (χ4v) is 19.3. The summed E-state index contributed by atoms with van der Waals surface area (Å²) in [6, 6.07) is 16.2. The van der Waals surface area contributed by atoms with Gasteiger partial charge < -0.3 is 24.8 Å². The predicted molar refractivity (Wildman–Crippen MR) is 120 cm³/mol. The summed E-state index contributed by atoms with van der Waals surface area (Å²) < 4.78 is 5.46. The number of allylic oxidation sites excluding steroid dienone is 4. The van der Waals surface area contributed by atoms with Gasteiger partial charge in [-0.1, -0.05) is 0 Å². The molecule has 158 valence electrons. The van der Waals surface area contributed by atoms with Crippen molar-refractivity contribution < 1.29 is 45.8 Å². The van der Waals surface area contributed by atoms with Crippen LogP contribution in [0.4, 0.5) is 0 Å². The second-order valence-electron chi connectivity index (χ2n) is 9.05. The first-order valence-electron chi connectivity index (χ1n) is 10.7. The molecule has 0 radical (unpaired) electrons. The van der Waals surface area contributed by atoms with E-state index >= 15 is 0 Å². The van der Waals surface area contributed by atoms with E-state index in [4.69, 9.17) is 0 Å². The maximum absolute atomic E-state index is 2.50. The minimum absolute atomic E-state index is 0. The van der Waals surface area contributed by atoms with Crippen LogP contribution >= 0.6 is 0 Å². The first-order chi connectivity index (χ1) is 13.4. The van der Waals surface area contributed by atoms with E-state index in [0.29, 0.717) is 17.8 Å². The number of rotatable bonds is 4. The van der Waals surface area contributed by atoms with Gasteiger partial charge in [0, 0.05) is 0 Å². The Kier molecular flexibility index (Phi) is 8.70. The molecule has 0 aliphatic heterocycles. The molecule has 30 heavy (non-hydrogen) atoms. The van der Waals surface area contributed by atoms with Crippen LogP contribution in [0.15, 0.2) is 63.5 Å². The molecule has 0 spiro atoms. The largest absolute Gasteiger partial charge is 1.00 e. The molecule has 0 bridgehead atoms. The van der Waals surface area contributed by atoms with Crippen molar-refractivity contribution in [2.24, 2.45) is 17.8 Å². The zero-order valence-electron chi connectivity index (χ0n) is 18.9. The Hall–Kier alpha value is -0.760. The Morgan fingerprint density at radius 3 is 2.13 bits per heavy atom. The Balaban J connectivity index is 0.00000160. The van der Waals surface area contributed by atoms with Crippen LogP contribution in [0.2, 0.25) is 0 Å². The van der Waals surface area contributed by atoms with Crippen LogP contribution in [0.25, 0.3) is 11.1 Å². The average molecular weight is 606 g/mol. The number of benzene rings is 2. The SMILES string of the molecule is CC1=[C]([Hf+2](=[C](C(C)C)C(C)C)[c]2cccc3c2Cc2ccccc2-3)C(C)C=C1.[Cl-].[Cl-]. The first kappa shape index (κ1) is 25.5. The molecule has 0 aromatic heterocycles. The van der Waals surface area contributed by atoms with Gasteiger partial charge in [0.05, 0.1) is 0 Å². The quantitative estimate of drug-likeness (QED) is 0.380. The first-order valence-corrected chi connectivity index (χ1v) is 16.1. The maximum atomic E-state index is 2.50. The van der Waals surface area contributed by atoms with Gasteiger partial charge in [-0.2, -0.15) is 0 Å². The number of fused-ring (bicyclic) bond motifs is 3. The Morgan fingerprint density at radius 2 is 1.53 bits per heavy atom. The smallest absolute Gasteiger partial charge is 1.00 e. The molecular weight excluding hydrogens is 574 g/mol. The van der Waals surface area contributed by atoms with Gasteiger partial charge >= 0.3 is 179 Å². The predicted octanol–water partition coefficient (Wildman–Crippen LogP) is 0.474. The summed E-state index contributed by atoms with van der Waals surface area (Å²) >= 11 is -2.42. The van der Waals surface area contributed by atoms with E-state index in [2.05, 4.69) is 96.2 Å². The van der Waals surface area contributed by atoms with Gasteiger partial charge in [-0.15, -0.1) is 0 Å². The normalized spacial score (nSPS) is 16.0. The number of halogens is 2. The van der Waals surface area contributed by atoms with E-state index in [1.165, 1.54) is 16.7 Å². The summed E-state index contributed by atoms with van der Waals surface area (Å²) in [5.41, 5.74) is 7.67. The molecule has 0 nitrogen and oxygen atoms in total. The van der Waals surface area contributed by atoms with Gasteiger partial charge in [0.2, 0.25) is 0 Å². The average Bonchev–Trinajstić information content (AvgIpc) is 3.19. The monoisotopic (exact) mass is 606 g/mol. The fourth-order valence-electron chi connectivity index (χ4n) is 5.35. The molecule has 3 heteroatoms. The molecule has 0 saturated carbocycles. The third kappa shape index (κ3) is 4.41. The minimum Gasteiger partial charge on any atom is -1.00 e. The van der Waals surface area contributed by atoms with Gasteiger partial charge in [-0.05, 0) is 0 Å². The van der Waals surface area contributed by atoms with Crippen molar-refractivity contribution in [1.82, 2.24) is 0 Å². The van der Waals surface area contributed by atoms with Gasteiger partial charge in [0.15, 0.2) is 0 Å². The second kappa shape index (κ2) is 10.2. The molecule has 2 aliphatic rings. The van der Waals surface area contributed by atoms with E-state index in [0.717, 1.165) is 6.42 Å². The van der Waals surface area contributed by atoms with Crippen molar-refractivity contribution in [3.63, 3.8) is 0 Å². The summed E-state index contributed by atoms with van der Waals surface area (Å²) in [4.78, 5) is 0. The van der Waals surface area contributed by atoms with Crippen LogP contribution in [0, 0.1) is 17.8 Å². The van der Waals surface area contributed by atoms with Crippen molar-refractivity contribution in [1.29, 1.82) is 0 Å². The standard InChI is InChI=1S/C13H9.C7H9.C7H14.2ClH.Hf/c1-3-7-12-10(5-1)9-11-6-2-4-8-13(11)12;1-6-3-4-7(2)5-6;1-6(2)5-7(3)4;;;/h1-5,7-8H,9H2;3-4,6H,1-2H3;6-7H,1-4H3;2*1H;/q;;;;;+2/p-2. The third-order valence-electron chi connectivity index (χ3n) is 6.44. The molecule has 2 aromatic carbocycles. The van der Waals surface area contributed by atoms with E-state index in [9.17, 15) is 0 Å². The molecule has 0 fully saturated rings. The van der Waals surface area contributed by atoms with Crippen LogP contribution < -0.4 is 28.1 Å². The summed E-state index contributed by atoms with van der Waals surface area (Å²) in [7, 11) is 0. The van der Waals surface area contributed by atoms with Crippen LogP contribution in [-0.2, 0) is 27.4 Å². The molecule has 4 rings (SSSR count). The van der Waals surface area contributed by atoms with Crippen LogP contribution in [-0.4, -0.2) is 3.26 Å². The summed E-state index contributed by atoms with van der Waals surface area (Å²) in [5.74, 6) is 1.93. The van der Waals surface area contributed by atoms with Crippen molar-refractivity contribution in [2.45, 2.75) is 48.0 Å². The Morgan fingerprint density at radius 1 is 0.900 bits per heavy atom. The third-order valence-corrected chi connectivity index (χ3v) is 21.3. The number of hydrogen-bond acceptors (Lipinski definition) is 0.